The van der Waals surface area contributed by atoms with Gasteiger partial charge in [0.25, 0.3) is 0 Å². The average Bonchev–Trinajstić information content (AvgIpc) is 2.89. The zero-order valence-electron chi connectivity index (χ0n) is 11.6. The third-order valence-electron chi connectivity index (χ3n) is 3.57. The van der Waals surface area contributed by atoms with E-state index in [0.29, 0.717) is 29.3 Å². The largest absolute Gasteiger partial charge is 0.497 e. The van der Waals surface area contributed by atoms with Gasteiger partial charge in [0.05, 0.1) is 23.7 Å². The Bertz CT molecular complexity index is 550. The predicted octanol–water partition coefficient (Wildman–Crippen LogP) is 2.72. The molecule has 1 saturated carbocycles. The van der Waals surface area contributed by atoms with Gasteiger partial charge in [-0.15, -0.1) is 0 Å². The number of hydrogen-bond donors (Lipinski definition) is 3. The molecule has 0 bridgehead atoms. The number of ether oxygens (including phenoxy) is 1. The number of aliphatic carboxylic acids is 1. The summed E-state index contributed by atoms with van der Waals surface area (Å²) in [5, 5.41) is 14.8. The Hall–Kier alpha value is -1.95. The summed E-state index contributed by atoms with van der Waals surface area (Å²) >= 11 is 6.00. The number of halogens is 1. The van der Waals surface area contributed by atoms with Gasteiger partial charge in [-0.25, -0.2) is 4.79 Å². The van der Waals surface area contributed by atoms with Gasteiger partial charge in [0.1, 0.15) is 5.75 Å². The molecule has 3 N–H and O–H groups in total. The van der Waals surface area contributed by atoms with Crippen molar-refractivity contribution in [2.75, 3.05) is 12.4 Å². The number of carboxylic acids is 1. The summed E-state index contributed by atoms with van der Waals surface area (Å²) in [5.74, 6) is -0.840. The van der Waals surface area contributed by atoms with Crippen LogP contribution in [0, 0.1) is 5.92 Å². The average molecular weight is 313 g/mol. The van der Waals surface area contributed by atoms with Crippen LogP contribution in [0.2, 0.25) is 5.02 Å². The molecule has 0 aliphatic heterocycles. The van der Waals surface area contributed by atoms with Crippen molar-refractivity contribution in [2.45, 2.75) is 25.3 Å². The van der Waals surface area contributed by atoms with Crippen molar-refractivity contribution in [3.05, 3.63) is 23.2 Å². The molecular formula is C14H17ClN2O4. The Morgan fingerprint density at radius 3 is 2.81 bits per heavy atom. The van der Waals surface area contributed by atoms with Crippen LogP contribution in [0.25, 0.3) is 0 Å². The fourth-order valence-corrected chi connectivity index (χ4v) is 2.65. The quantitative estimate of drug-likeness (QED) is 0.797. The maximum atomic E-state index is 12.0. The number of nitrogens with one attached hydrogen (secondary N) is 2. The molecule has 2 atom stereocenters. The highest BCUT2D eigenvalue weighted by atomic mass is 35.5. The van der Waals surface area contributed by atoms with Crippen molar-refractivity contribution < 1.29 is 19.4 Å². The molecule has 1 aliphatic carbocycles. The SMILES string of the molecule is COc1ccc(Cl)c(NC(=O)NC2CCCC2C(=O)O)c1. The molecule has 2 amide bonds. The van der Waals surface area contributed by atoms with Gasteiger partial charge in [0, 0.05) is 12.1 Å². The summed E-state index contributed by atoms with van der Waals surface area (Å²) in [6.07, 6.45) is 2.04. The summed E-state index contributed by atoms with van der Waals surface area (Å²) < 4.78 is 5.07. The molecule has 1 aromatic rings. The van der Waals surface area contributed by atoms with E-state index in [-0.39, 0.29) is 6.04 Å². The van der Waals surface area contributed by atoms with E-state index in [2.05, 4.69) is 10.6 Å². The topological polar surface area (TPSA) is 87.7 Å². The number of methoxy groups -OCH3 is 1. The van der Waals surface area contributed by atoms with E-state index in [1.807, 2.05) is 0 Å². The van der Waals surface area contributed by atoms with E-state index in [1.54, 1.807) is 18.2 Å². The van der Waals surface area contributed by atoms with Crippen LogP contribution in [0.1, 0.15) is 19.3 Å². The zero-order chi connectivity index (χ0) is 15.4. The zero-order valence-corrected chi connectivity index (χ0v) is 12.3. The molecular weight excluding hydrogens is 296 g/mol. The van der Waals surface area contributed by atoms with Gasteiger partial charge in [0.2, 0.25) is 0 Å². The minimum atomic E-state index is -0.878. The number of urea groups is 1. The molecule has 2 rings (SSSR count). The normalized spacial score (nSPS) is 20.9. The first-order valence-corrected chi connectivity index (χ1v) is 7.03. The first kappa shape index (κ1) is 15.4. The standard InChI is InChI=1S/C14H17ClN2O4/c1-21-8-5-6-10(15)12(7-8)17-14(20)16-11-4-2-3-9(11)13(18)19/h5-7,9,11H,2-4H2,1H3,(H,18,19)(H2,16,17,20). The van der Waals surface area contributed by atoms with E-state index in [9.17, 15) is 9.59 Å². The van der Waals surface area contributed by atoms with Crippen molar-refractivity contribution in [3.63, 3.8) is 0 Å². The molecule has 7 heteroatoms. The van der Waals surface area contributed by atoms with Gasteiger partial charge in [-0.1, -0.05) is 18.0 Å². The number of carbonyl (C=O) groups is 2. The van der Waals surface area contributed by atoms with Gasteiger partial charge in [-0.3, -0.25) is 4.79 Å². The number of hydrogen-bond acceptors (Lipinski definition) is 3. The van der Waals surface area contributed by atoms with Gasteiger partial charge in [-0.2, -0.15) is 0 Å². The van der Waals surface area contributed by atoms with Gasteiger partial charge in [0.15, 0.2) is 0 Å². The fourth-order valence-electron chi connectivity index (χ4n) is 2.48. The van der Waals surface area contributed by atoms with Crippen molar-refractivity contribution >= 4 is 29.3 Å². The lowest BCUT2D eigenvalue weighted by Crippen LogP contribution is -2.42. The third-order valence-corrected chi connectivity index (χ3v) is 3.90. The lowest BCUT2D eigenvalue weighted by atomic mass is 10.0. The van der Waals surface area contributed by atoms with E-state index in [0.717, 1.165) is 6.42 Å². The first-order chi connectivity index (χ1) is 10.0. The molecule has 0 spiro atoms. The maximum Gasteiger partial charge on any atom is 0.319 e. The van der Waals surface area contributed by atoms with Crippen LogP contribution in [0.4, 0.5) is 10.5 Å². The second kappa shape index (κ2) is 6.67. The third kappa shape index (κ3) is 3.78. The summed E-state index contributed by atoms with van der Waals surface area (Å²) in [5.41, 5.74) is 0.415. The molecule has 114 valence electrons. The molecule has 0 heterocycles. The second-order valence-electron chi connectivity index (χ2n) is 4.93. The number of rotatable bonds is 4. The van der Waals surface area contributed by atoms with E-state index in [4.69, 9.17) is 21.4 Å². The second-order valence-corrected chi connectivity index (χ2v) is 5.33. The minimum Gasteiger partial charge on any atom is -0.497 e. The van der Waals surface area contributed by atoms with Crippen LogP contribution in [-0.4, -0.2) is 30.3 Å². The Morgan fingerprint density at radius 1 is 1.38 bits per heavy atom. The van der Waals surface area contributed by atoms with E-state index in [1.165, 1.54) is 7.11 Å². The molecule has 1 aromatic carbocycles. The number of anilines is 1. The highest BCUT2D eigenvalue weighted by Crippen LogP contribution is 2.28. The van der Waals surface area contributed by atoms with E-state index >= 15 is 0 Å². The molecule has 21 heavy (non-hydrogen) atoms. The molecule has 1 fully saturated rings. The maximum absolute atomic E-state index is 12.0. The van der Waals surface area contributed by atoms with Crippen LogP contribution in [0.3, 0.4) is 0 Å². The number of benzene rings is 1. The van der Waals surface area contributed by atoms with Crippen LogP contribution in [-0.2, 0) is 4.79 Å². The number of carbonyl (C=O) groups excluding carboxylic acids is 1. The van der Waals surface area contributed by atoms with Gasteiger partial charge < -0.3 is 20.5 Å². The summed E-state index contributed by atoms with van der Waals surface area (Å²) in [7, 11) is 1.52. The van der Waals surface area contributed by atoms with Crippen LogP contribution in [0.15, 0.2) is 18.2 Å². The Morgan fingerprint density at radius 2 is 2.14 bits per heavy atom. The van der Waals surface area contributed by atoms with E-state index < -0.39 is 17.9 Å². The van der Waals surface area contributed by atoms with Gasteiger partial charge >= 0.3 is 12.0 Å². The highest BCUT2D eigenvalue weighted by Gasteiger charge is 2.33. The predicted molar refractivity (Wildman–Crippen MR) is 78.9 cm³/mol. The van der Waals surface area contributed by atoms with Crippen LogP contribution < -0.4 is 15.4 Å². The molecule has 1 aliphatic rings. The number of carboxylic acid groups (broad SMARTS) is 1. The molecule has 6 nitrogen and oxygen atoms in total. The minimum absolute atomic E-state index is 0.355. The molecule has 2 unspecified atom stereocenters. The molecule has 0 saturated heterocycles. The molecule has 0 aromatic heterocycles. The number of amides is 2. The Kier molecular flexibility index (Phi) is 4.90. The van der Waals surface area contributed by atoms with Crippen LogP contribution >= 0.6 is 11.6 Å². The van der Waals surface area contributed by atoms with Crippen molar-refractivity contribution in [1.29, 1.82) is 0 Å². The summed E-state index contributed by atoms with van der Waals surface area (Å²) in [6.45, 7) is 0. The Labute approximate surface area is 127 Å². The van der Waals surface area contributed by atoms with Crippen LogP contribution in [0.5, 0.6) is 5.75 Å². The van der Waals surface area contributed by atoms with Crippen molar-refractivity contribution in [3.8, 4) is 5.75 Å². The summed E-state index contributed by atoms with van der Waals surface area (Å²) in [4.78, 5) is 23.1. The Balaban J connectivity index is 2.00. The lowest BCUT2D eigenvalue weighted by Gasteiger charge is -2.18. The summed E-state index contributed by atoms with van der Waals surface area (Å²) in [6, 6.07) is 4.08. The lowest BCUT2D eigenvalue weighted by molar-refractivity contribution is -0.142. The monoisotopic (exact) mass is 312 g/mol. The highest BCUT2D eigenvalue weighted by molar-refractivity contribution is 6.33. The molecule has 0 radical (unpaired) electrons. The smallest absolute Gasteiger partial charge is 0.319 e. The first-order valence-electron chi connectivity index (χ1n) is 6.65. The van der Waals surface area contributed by atoms with Gasteiger partial charge in [-0.05, 0) is 25.0 Å². The van der Waals surface area contributed by atoms with Crippen molar-refractivity contribution in [2.24, 2.45) is 5.92 Å². The fraction of sp³-hybridized carbons (Fsp3) is 0.429. The van der Waals surface area contributed by atoms with Crippen molar-refractivity contribution in [1.82, 2.24) is 5.32 Å².